The van der Waals surface area contributed by atoms with Crippen molar-refractivity contribution in [2.24, 2.45) is 0 Å². The van der Waals surface area contributed by atoms with Gasteiger partial charge in [-0.3, -0.25) is 4.72 Å². The minimum atomic E-state index is -3.48. The van der Waals surface area contributed by atoms with Crippen molar-refractivity contribution in [3.05, 3.63) is 29.8 Å². The molecule has 0 heterocycles. The van der Waals surface area contributed by atoms with E-state index in [-0.39, 0.29) is 6.04 Å². The van der Waals surface area contributed by atoms with Crippen molar-refractivity contribution < 1.29 is 8.42 Å². The molecule has 1 aliphatic carbocycles. The number of rotatable bonds is 6. The first-order valence-corrected chi connectivity index (χ1v) is 8.96. The van der Waals surface area contributed by atoms with Gasteiger partial charge < -0.3 is 5.32 Å². The van der Waals surface area contributed by atoms with Crippen molar-refractivity contribution in [1.29, 1.82) is 0 Å². The SMILES string of the molecule is CNCc1cccc(NS(=O)(=O)N(C)C2CCCCC2)c1. The highest BCUT2D eigenvalue weighted by molar-refractivity contribution is 7.90. The Morgan fingerprint density at radius 2 is 1.95 bits per heavy atom. The topological polar surface area (TPSA) is 61.4 Å². The van der Waals surface area contributed by atoms with Gasteiger partial charge in [-0.25, -0.2) is 0 Å². The molecule has 1 aliphatic rings. The molecule has 2 N–H and O–H groups in total. The highest BCUT2D eigenvalue weighted by Gasteiger charge is 2.27. The molecule has 0 amide bonds. The Hall–Kier alpha value is -1.11. The summed E-state index contributed by atoms with van der Waals surface area (Å²) in [5.74, 6) is 0. The number of anilines is 1. The third-order valence-electron chi connectivity index (χ3n) is 4.02. The Kier molecular flexibility index (Phi) is 5.61. The van der Waals surface area contributed by atoms with Gasteiger partial charge in [-0.15, -0.1) is 0 Å². The minimum absolute atomic E-state index is 0.122. The molecule has 6 heteroatoms. The van der Waals surface area contributed by atoms with Crippen molar-refractivity contribution in [2.75, 3.05) is 18.8 Å². The van der Waals surface area contributed by atoms with E-state index in [0.717, 1.165) is 31.2 Å². The van der Waals surface area contributed by atoms with E-state index < -0.39 is 10.2 Å². The summed E-state index contributed by atoms with van der Waals surface area (Å²) >= 11 is 0. The molecule has 0 saturated heterocycles. The monoisotopic (exact) mass is 311 g/mol. The fourth-order valence-electron chi connectivity index (χ4n) is 2.81. The number of benzene rings is 1. The lowest BCUT2D eigenvalue weighted by Gasteiger charge is -2.30. The van der Waals surface area contributed by atoms with Gasteiger partial charge in [0.05, 0.1) is 5.69 Å². The Balaban J connectivity index is 2.07. The zero-order valence-electron chi connectivity index (χ0n) is 12.8. The van der Waals surface area contributed by atoms with Crippen molar-refractivity contribution in [1.82, 2.24) is 9.62 Å². The van der Waals surface area contributed by atoms with E-state index in [2.05, 4.69) is 10.0 Å². The lowest BCUT2D eigenvalue weighted by atomic mass is 9.96. The maximum atomic E-state index is 12.5. The van der Waals surface area contributed by atoms with Gasteiger partial charge in [-0.05, 0) is 37.6 Å². The van der Waals surface area contributed by atoms with Crippen molar-refractivity contribution >= 4 is 15.9 Å². The fourth-order valence-corrected chi connectivity index (χ4v) is 3.98. The average Bonchev–Trinajstić information content (AvgIpc) is 2.47. The number of nitrogens with zero attached hydrogens (tertiary/aromatic N) is 1. The first kappa shape index (κ1) is 16.3. The number of hydrogen-bond acceptors (Lipinski definition) is 3. The zero-order valence-corrected chi connectivity index (χ0v) is 13.6. The van der Waals surface area contributed by atoms with E-state index in [9.17, 15) is 8.42 Å². The first-order chi connectivity index (χ1) is 10.0. The summed E-state index contributed by atoms with van der Waals surface area (Å²) < 4.78 is 29.1. The van der Waals surface area contributed by atoms with Crippen LogP contribution in [0.15, 0.2) is 24.3 Å². The third kappa shape index (κ3) is 4.43. The second-order valence-electron chi connectivity index (χ2n) is 5.65. The van der Waals surface area contributed by atoms with Gasteiger partial charge in [0.15, 0.2) is 0 Å². The largest absolute Gasteiger partial charge is 0.316 e. The van der Waals surface area contributed by atoms with Crippen LogP contribution in [0.25, 0.3) is 0 Å². The normalized spacial score (nSPS) is 17.1. The summed E-state index contributed by atoms with van der Waals surface area (Å²) in [6.07, 6.45) is 5.35. The highest BCUT2D eigenvalue weighted by Crippen LogP contribution is 2.24. The molecule has 1 aromatic rings. The van der Waals surface area contributed by atoms with Gasteiger partial charge in [-0.1, -0.05) is 31.4 Å². The summed E-state index contributed by atoms with van der Waals surface area (Å²) in [5, 5.41) is 3.06. The average molecular weight is 311 g/mol. The molecule has 0 spiro atoms. The standard InChI is InChI=1S/C15H25N3O2S/c1-16-12-13-7-6-8-14(11-13)17-21(19,20)18(2)15-9-4-3-5-10-15/h6-8,11,15-17H,3-5,9-10,12H2,1-2H3. The molecular formula is C15H25N3O2S. The Bertz CT molecular complexity index is 554. The van der Waals surface area contributed by atoms with E-state index in [1.54, 1.807) is 13.1 Å². The Morgan fingerprint density at radius 1 is 1.24 bits per heavy atom. The van der Waals surface area contributed by atoms with Gasteiger partial charge in [-0.2, -0.15) is 12.7 Å². The smallest absolute Gasteiger partial charge is 0.301 e. The molecule has 1 fully saturated rings. The van der Waals surface area contributed by atoms with Gasteiger partial charge >= 0.3 is 10.2 Å². The molecule has 0 bridgehead atoms. The minimum Gasteiger partial charge on any atom is -0.316 e. The second kappa shape index (κ2) is 7.24. The second-order valence-corrected chi connectivity index (χ2v) is 7.38. The molecule has 2 rings (SSSR count). The van der Waals surface area contributed by atoms with Crippen LogP contribution in [0.4, 0.5) is 5.69 Å². The van der Waals surface area contributed by atoms with E-state index in [1.807, 2.05) is 25.2 Å². The molecule has 5 nitrogen and oxygen atoms in total. The van der Waals surface area contributed by atoms with Crippen LogP contribution in [0.2, 0.25) is 0 Å². The van der Waals surface area contributed by atoms with Gasteiger partial charge in [0.25, 0.3) is 0 Å². The number of hydrogen-bond donors (Lipinski definition) is 2. The predicted octanol–water partition coefficient (Wildman–Crippen LogP) is 2.33. The maximum Gasteiger partial charge on any atom is 0.301 e. The van der Waals surface area contributed by atoms with Crippen LogP contribution in [0.3, 0.4) is 0 Å². The van der Waals surface area contributed by atoms with Gasteiger partial charge in [0.2, 0.25) is 0 Å². The molecule has 0 unspecified atom stereocenters. The van der Waals surface area contributed by atoms with E-state index in [4.69, 9.17) is 0 Å². The Morgan fingerprint density at radius 3 is 2.62 bits per heavy atom. The van der Waals surface area contributed by atoms with Crippen molar-refractivity contribution in [2.45, 2.75) is 44.7 Å². The summed E-state index contributed by atoms with van der Waals surface area (Å²) in [4.78, 5) is 0. The molecule has 0 radical (unpaired) electrons. The van der Waals surface area contributed by atoms with Crippen LogP contribution in [0.5, 0.6) is 0 Å². The lowest BCUT2D eigenvalue weighted by molar-refractivity contribution is 0.287. The summed E-state index contributed by atoms with van der Waals surface area (Å²) in [6, 6.07) is 7.61. The molecule has 1 aromatic carbocycles. The molecule has 21 heavy (non-hydrogen) atoms. The molecule has 0 aromatic heterocycles. The van der Waals surface area contributed by atoms with Crippen molar-refractivity contribution in [3.8, 4) is 0 Å². The lowest BCUT2D eigenvalue weighted by Crippen LogP contribution is -2.41. The van der Waals surface area contributed by atoms with Gasteiger partial charge in [0.1, 0.15) is 0 Å². The van der Waals surface area contributed by atoms with Crippen LogP contribution in [0.1, 0.15) is 37.7 Å². The van der Waals surface area contributed by atoms with E-state index in [1.165, 1.54) is 10.7 Å². The first-order valence-electron chi connectivity index (χ1n) is 7.52. The fraction of sp³-hybridized carbons (Fsp3) is 0.600. The van der Waals surface area contributed by atoms with E-state index >= 15 is 0 Å². The van der Waals surface area contributed by atoms with Gasteiger partial charge in [0, 0.05) is 19.6 Å². The molecule has 0 atom stereocenters. The zero-order chi connectivity index (χ0) is 15.3. The summed E-state index contributed by atoms with van der Waals surface area (Å²) in [7, 11) is 0.0634. The molecule has 0 aliphatic heterocycles. The maximum absolute atomic E-state index is 12.5. The summed E-state index contributed by atoms with van der Waals surface area (Å²) in [5.41, 5.74) is 1.67. The third-order valence-corrected chi connectivity index (χ3v) is 5.57. The van der Waals surface area contributed by atoms with E-state index in [0.29, 0.717) is 12.2 Å². The Labute approximate surface area is 127 Å². The molecule has 118 valence electrons. The van der Waals surface area contributed by atoms with Crippen LogP contribution in [0, 0.1) is 0 Å². The molecular weight excluding hydrogens is 286 g/mol. The van der Waals surface area contributed by atoms with Crippen LogP contribution >= 0.6 is 0 Å². The molecule has 1 saturated carbocycles. The van der Waals surface area contributed by atoms with Crippen LogP contribution in [-0.2, 0) is 16.8 Å². The predicted molar refractivity (Wildman–Crippen MR) is 86.4 cm³/mol. The summed E-state index contributed by atoms with van der Waals surface area (Å²) in [6.45, 7) is 0.716. The van der Waals surface area contributed by atoms with Crippen LogP contribution in [-0.4, -0.2) is 32.9 Å². The van der Waals surface area contributed by atoms with Crippen molar-refractivity contribution in [3.63, 3.8) is 0 Å². The number of nitrogens with one attached hydrogen (secondary N) is 2. The van der Waals surface area contributed by atoms with Crippen LogP contribution < -0.4 is 10.0 Å². The quantitative estimate of drug-likeness (QED) is 0.847. The highest BCUT2D eigenvalue weighted by atomic mass is 32.2.